The van der Waals surface area contributed by atoms with Crippen LogP contribution in [0.15, 0.2) is 91.0 Å². The van der Waals surface area contributed by atoms with Crippen LogP contribution in [-0.2, 0) is 19.4 Å². The van der Waals surface area contributed by atoms with Crippen LogP contribution < -0.4 is 0 Å². The molecule has 1 aliphatic heterocycles. The van der Waals surface area contributed by atoms with E-state index < -0.39 is 0 Å². The molecule has 144 valence electrons. The summed E-state index contributed by atoms with van der Waals surface area (Å²) in [4.78, 5) is 2.78. The summed E-state index contributed by atoms with van der Waals surface area (Å²) in [6.45, 7) is 4.63. The lowest BCUT2D eigenvalue weighted by Gasteiger charge is -2.43. The van der Waals surface area contributed by atoms with Gasteiger partial charge in [0.15, 0.2) is 0 Å². The van der Waals surface area contributed by atoms with Crippen molar-refractivity contribution in [3.63, 3.8) is 0 Å². The summed E-state index contributed by atoms with van der Waals surface area (Å²) in [6.07, 6.45) is 4.77. The van der Waals surface area contributed by atoms with Gasteiger partial charge in [0.05, 0.1) is 0 Å². The zero-order valence-corrected chi connectivity index (χ0v) is 16.9. The van der Waals surface area contributed by atoms with E-state index >= 15 is 0 Å². The van der Waals surface area contributed by atoms with Gasteiger partial charge in [-0.1, -0.05) is 97.9 Å². The highest BCUT2D eigenvalue weighted by molar-refractivity contribution is 5.24. The predicted octanol–water partition coefficient (Wildman–Crippen LogP) is 6.14. The summed E-state index contributed by atoms with van der Waals surface area (Å²) in [5.41, 5.74) is 4.57. The third kappa shape index (κ3) is 4.05. The van der Waals surface area contributed by atoms with Gasteiger partial charge in [0.2, 0.25) is 0 Å². The van der Waals surface area contributed by atoms with Gasteiger partial charge in [0.25, 0.3) is 0 Å². The zero-order valence-electron chi connectivity index (χ0n) is 16.9. The number of benzene rings is 3. The lowest BCUT2D eigenvalue weighted by atomic mass is 9.74. The summed E-state index contributed by atoms with van der Waals surface area (Å²) >= 11 is 0. The van der Waals surface area contributed by atoms with Crippen LogP contribution >= 0.6 is 0 Å². The number of hydrogen-bond donors (Lipinski definition) is 0. The van der Waals surface area contributed by atoms with Gasteiger partial charge >= 0.3 is 0 Å². The fraction of sp³-hybridized carbons (Fsp3) is 0.333. The highest BCUT2D eigenvalue weighted by atomic mass is 15.2. The van der Waals surface area contributed by atoms with Crippen molar-refractivity contribution in [1.82, 2.24) is 4.90 Å². The average molecular weight is 370 g/mol. The van der Waals surface area contributed by atoms with Crippen LogP contribution in [0.4, 0.5) is 0 Å². The van der Waals surface area contributed by atoms with E-state index in [0.717, 1.165) is 13.0 Å². The second-order valence-corrected chi connectivity index (χ2v) is 8.20. The first-order valence-electron chi connectivity index (χ1n) is 10.7. The van der Waals surface area contributed by atoms with Gasteiger partial charge < -0.3 is 0 Å². The molecule has 1 saturated heterocycles. The molecule has 0 amide bonds. The topological polar surface area (TPSA) is 3.24 Å². The maximum absolute atomic E-state index is 2.78. The largest absolute Gasteiger partial charge is 0.293 e. The van der Waals surface area contributed by atoms with Crippen LogP contribution in [0.5, 0.6) is 0 Å². The first-order chi connectivity index (χ1) is 13.8. The molecule has 0 N–H and O–H groups in total. The smallest absolute Gasteiger partial charge is 0.0282 e. The molecule has 3 aromatic rings. The van der Waals surface area contributed by atoms with Crippen molar-refractivity contribution in [3.05, 3.63) is 108 Å². The third-order valence-electron chi connectivity index (χ3n) is 6.64. The van der Waals surface area contributed by atoms with Gasteiger partial charge in [0, 0.05) is 12.1 Å². The second-order valence-electron chi connectivity index (χ2n) is 8.20. The maximum Gasteiger partial charge on any atom is 0.0282 e. The molecule has 0 unspecified atom stereocenters. The summed E-state index contributed by atoms with van der Waals surface area (Å²) in [7, 11) is 0. The van der Waals surface area contributed by atoms with Gasteiger partial charge in [0.1, 0.15) is 0 Å². The minimum absolute atomic E-state index is 0.215. The molecule has 1 fully saturated rings. The van der Waals surface area contributed by atoms with Crippen LogP contribution in [0.1, 0.15) is 36.5 Å². The van der Waals surface area contributed by atoms with Gasteiger partial charge in [-0.2, -0.15) is 0 Å². The summed E-state index contributed by atoms with van der Waals surface area (Å²) in [6, 6.07) is 33.1. The van der Waals surface area contributed by atoms with Gasteiger partial charge in [-0.05, 0) is 54.8 Å². The van der Waals surface area contributed by atoms with E-state index in [-0.39, 0.29) is 5.54 Å². The van der Waals surface area contributed by atoms with E-state index in [2.05, 4.69) is 103 Å². The Morgan fingerprint density at radius 3 is 1.86 bits per heavy atom. The highest BCUT2D eigenvalue weighted by Crippen LogP contribution is 2.43. The number of nitrogens with zero attached hydrogens (tertiary/aromatic N) is 1. The van der Waals surface area contributed by atoms with Crippen molar-refractivity contribution < 1.29 is 0 Å². The number of likely N-dealkylation sites (tertiary alicyclic amines) is 1. The Labute approximate surface area is 170 Å². The Bertz CT molecular complexity index is 792. The van der Waals surface area contributed by atoms with E-state index in [4.69, 9.17) is 0 Å². The van der Waals surface area contributed by atoms with E-state index in [9.17, 15) is 0 Å². The average Bonchev–Trinajstić information content (AvgIpc) is 3.07. The first-order valence-corrected chi connectivity index (χ1v) is 10.7. The predicted molar refractivity (Wildman–Crippen MR) is 118 cm³/mol. The number of rotatable bonds is 7. The molecule has 3 aromatic carbocycles. The number of hydrogen-bond acceptors (Lipinski definition) is 1. The molecule has 1 heteroatoms. The molecule has 1 nitrogen and oxygen atoms in total. The first kappa shape index (κ1) is 19.0. The zero-order chi connectivity index (χ0) is 19.2. The van der Waals surface area contributed by atoms with Gasteiger partial charge in [-0.25, -0.2) is 0 Å². The lowest BCUT2D eigenvalue weighted by molar-refractivity contribution is 0.0864. The quantitative estimate of drug-likeness (QED) is 0.483. The molecule has 2 atom stereocenters. The molecule has 0 spiro atoms. The maximum atomic E-state index is 2.78. The molecule has 28 heavy (non-hydrogen) atoms. The second kappa shape index (κ2) is 8.75. The molecule has 1 heterocycles. The Kier molecular flexibility index (Phi) is 5.92. The Morgan fingerprint density at radius 1 is 0.750 bits per heavy atom. The molecule has 0 bridgehead atoms. The van der Waals surface area contributed by atoms with Crippen LogP contribution in [0.2, 0.25) is 0 Å². The van der Waals surface area contributed by atoms with Crippen LogP contribution in [-0.4, -0.2) is 17.0 Å². The molecular formula is C27H31N. The van der Waals surface area contributed by atoms with Crippen LogP contribution in [0.25, 0.3) is 0 Å². The molecule has 0 radical (unpaired) electrons. The monoisotopic (exact) mass is 369 g/mol. The molecule has 0 aromatic heterocycles. The van der Waals surface area contributed by atoms with Gasteiger partial charge in [-0.3, -0.25) is 4.90 Å². The summed E-state index contributed by atoms with van der Waals surface area (Å²) < 4.78 is 0. The molecule has 4 rings (SSSR count). The van der Waals surface area contributed by atoms with Crippen LogP contribution in [0.3, 0.4) is 0 Å². The minimum atomic E-state index is 0.215. The standard InChI is InChI=1S/C27H31N/c1-2-27(21-24-14-8-4-9-15-24)26(20-23-12-6-3-7-13-23)18-19-28(27)22-25-16-10-5-11-17-25/h3-17,26H,2,18-22H2,1H3/t26-,27-/m1/s1. The lowest BCUT2D eigenvalue weighted by Crippen LogP contribution is -2.49. The normalized spacial score (nSPS) is 22.4. The summed E-state index contributed by atoms with van der Waals surface area (Å²) in [5, 5.41) is 0. The van der Waals surface area contributed by atoms with Crippen molar-refractivity contribution in [2.45, 2.75) is 44.7 Å². The van der Waals surface area contributed by atoms with Crippen molar-refractivity contribution in [3.8, 4) is 0 Å². The molecule has 0 saturated carbocycles. The van der Waals surface area contributed by atoms with Crippen molar-refractivity contribution in [2.75, 3.05) is 6.54 Å². The van der Waals surface area contributed by atoms with Crippen molar-refractivity contribution in [1.29, 1.82) is 0 Å². The fourth-order valence-corrected chi connectivity index (χ4v) is 5.13. The SMILES string of the molecule is CC[C@@]1(Cc2ccccc2)[C@@H](Cc2ccccc2)CCN1Cc1ccccc1. The van der Waals surface area contributed by atoms with E-state index in [0.29, 0.717) is 5.92 Å². The minimum Gasteiger partial charge on any atom is -0.293 e. The van der Waals surface area contributed by atoms with Crippen molar-refractivity contribution in [2.24, 2.45) is 5.92 Å². The Morgan fingerprint density at radius 2 is 1.29 bits per heavy atom. The Balaban J connectivity index is 1.65. The van der Waals surface area contributed by atoms with E-state index in [1.165, 1.54) is 42.5 Å². The third-order valence-corrected chi connectivity index (χ3v) is 6.64. The summed E-state index contributed by atoms with van der Waals surface area (Å²) in [5.74, 6) is 0.684. The van der Waals surface area contributed by atoms with E-state index in [1.807, 2.05) is 0 Å². The molecule has 0 aliphatic carbocycles. The van der Waals surface area contributed by atoms with E-state index in [1.54, 1.807) is 0 Å². The molecule has 1 aliphatic rings. The highest BCUT2D eigenvalue weighted by Gasteiger charge is 2.46. The van der Waals surface area contributed by atoms with Crippen molar-refractivity contribution >= 4 is 0 Å². The fourth-order valence-electron chi connectivity index (χ4n) is 5.13. The molecular weight excluding hydrogens is 338 g/mol. The van der Waals surface area contributed by atoms with Gasteiger partial charge in [-0.15, -0.1) is 0 Å². The Hall–Kier alpha value is -2.38. The van der Waals surface area contributed by atoms with Crippen LogP contribution in [0, 0.1) is 5.92 Å².